The number of fused-ring (bicyclic) bond motifs is 4. The van der Waals surface area contributed by atoms with Crippen molar-refractivity contribution < 1.29 is 4.79 Å². The van der Waals surface area contributed by atoms with E-state index >= 15 is 0 Å². The van der Waals surface area contributed by atoms with E-state index in [-0.39, 0.29) is 35.8 Å². The van der Waals surface area contributed by atoms with Gasteiger partial charge in [0.15, 0.2) is 16.3 Å². The van der Waals surface area contributed by atoms with Crippen LogP contribution in [0.2, 0.25) is 5.02 Å². The van der Waals surface area contributed by atoms with Crippen LogP contribution in [0.5, 0.6) is 0 Å². The van der Waals surface area contributed by atoms with E-state index in [1.165, 1.54) is 34.5 Å². The van der Waals surface area contributed by atoms with Gasteiger partial charge in [-0.25, -0.2) is 9.78 Å². The molecule has 1 saturated heterocycles. The van der Waals surface area contributed by atoms with E-state index in [9.17, 15) is 14.4 Å². The van der Waals surface area contributed by atoms with Crippen LogP contribution in [-0.2, 0) is 25.4 Å². The molecule has 0 N–H and O–H groups in total. The van der Waals surface area contributed by atoms with Crippen LogP contribution in [0, 0.1) is 6.92 Å². The molecule has 2 aliphatic heterocycles. The molecule has 208 valence electrons. The topological polar surface area (TPSA) is 85.4 Å². The van der Waals surface area contributed by atoms with Crippen molar-refractivity contribution in [3.8, 4) is 0 Å². The molecule has 0 bridgehead atoms. The lowest BCUT2D eigenvalue weighted by Crippen LogP contribution is -2.47. The van der Waals surface area contributed by atoms with E-state index in [4.69, 9.17) is 16.6 Å². The molecule has 0 unspecified atom stereocenters. The van der Waals surface area contributed by atoms with Crippen LogP contribution in [-0.4, -0.2) is 61.4 Å². The maximum atomic E-state index is 13.9. The summed E-state index contributed by atoms with van der Waals surface area (Å²) in [6.07, 6.45) is 0.911. The van der Waals surface area contributed by atoms with E-state index in [0.29, 0.717) is 15.7 Å². The lowest BCUT2D eigenvalue weighted by atomic mass is 9.89. The Morgan fingerprint density at radius 2 is 1.88 bits per heavy atom. The lowest BCUT2D eigenvalue weighted by Gasteiger charge is -2.36. The summed E-state index contributed by atoms with van der Waals surface area (Å²) in [5, 5.41) is 1.06. The summed E-state index contributed by atoms with van der Waals surface area (Å²) in [7, 11) is 5.19. The molecule has 4 heterocycles. The molecule has 1 fully saturated rings. The summed E-state index contributed by atoms with van der Waals surface area (Å²) in [4.78, 5) is 48.8. The molecule has 1 amide bonds. The zero-order chi connectivity index (χ0) is 28.3. The van der Waals surface area contributed by atoms with Crippen LogP contribution >= 0.6 is 23.4 Å². The number of halogens is 1. The van der Waals surface area contributed by atoms with E-state index < -0.39 is 11.2 Å². The highest BCUT2D eigenvalue weighted by molar-refractivity contribution is 7.99. The van der Waals surface area contributed by atoms with E-state index in [2.05, 4.69) is 37.1 Å². The predicted octanol–water partition coefficient (Wildman–Crippen LogP) is 3.37. The fraction of sp³-hybridized carbons (Fsp3) is 0.379. The Bertz CT molecular complexity index is 1780. The van der Waals surface area contributed by atoms with Gasteiger partial charge in [-0.3, -0.25) is 18.7 Å². The highest BCUT2D eigenvalue weighted by atomic mass is 35.5. The molecular weight excluding hydrogens is 548 g/mol. The van der Waals surface area contributed by atoms with Gasteiger partial charge in [0.25, 0.3) is 5.56 Å². The number of aryl methyl sites for hydroxylation is 2. The molecule has 0 spiro atoms. The van der Waals surface area contributed by atoms with Gasteiger partial charge in [-0.15, -0.1) is 0 Å². The maximum absolute atomic E-state index is 13.9. The largest absolute Gasteiger partial charge is 0.332 e. The number of likely N-dealkylation sites (N-methyl/N-ethyl adjacent to an activating group) is 1. The number of nitrogens with zero attached hydrogens (tertiary/aromatic N) is 6. The summed E-state index contributed by atoms with van der Waals surface area (Å²) in [5.74, 6) is 0.433. The summed E-state index contributed by atoms with van der Waals surface area (Å²) in [6, 6.07) is 13.9. The number of carbonyl (C=O) groups is 1. The first-order chi connectivity index (χ1) is 19.2. The van der Waals surface area contributed by atoms with Crippen molar-refractivity contribution in [2.24, 2.45) is 14.1 Å². The van der Waals surface area contributed by atoms with Crippen LogP contribution in [0.3, 0.4) is 0 Å². The van der Waals surface area contributed by atoms with Gasteiger partial charge in [-0.1, -0.05) is 59.3 Å². The number of amides is 1. The number of benzene rings is 2. The molecule has 4 aromatic rings. The first kappa shape index (κ1) is 26.9. The monoisotopic (exact) mass is 578 g/mol. The number of thioether (sulfide) groups is 1. The molecule has 40 heavy (non-hydrogen) atoms. The average molecular weight is 579 g/mol. The number of aromatic nitrogens is 4. The Morgan fingerprint density at radius 1 is 1.10 bits per heavy atom. The molecule has 2 aromatic carbocycles. The predicted molar refractivity (Wildman–Crippen MR) is 159 cm³/mol. The van der Waals surface area contributed by atoms with Crippen LogP contribution in [0.4, 0.5) is 5.69 Å². The Kier molecular flexibility index (Phi) is 6.88. The van der Waals surface area contributed by atoms with Gasteiger partial charge in [0.1, 0.15) is 0 Å². The minimum Gasteiger partial charge on any atom is -0.309 e. The second kappa shape index (κ2) is 10.2. The quantitative estimate of drug-likeness (QED) is 0.338. The van der Waals surface area contributed by atoms with Crippen molar-refractivity contribution in [3.63, 3.8) is 0 Å². The van der Waals surface area contributed by atoms with Gasteiger partial charge in [0.2, 0.25) is 5.91 Å². The molecule has 2 aliphatic rings. The molecular formula is C29H31ClN6O3S. The number of piperidine rings is 1. The van der Waals surface area contributed by atoms with Crippen molar-refractivity contribution >= 4 is 46.1 Å². The number of imidazole rings is 1. The van der Waals surface area contributed by atoms with E-state index in [1.807, 2.05) is 23.1 Å². The molecule has 2 aromatic heterocycles. The third kappa shape index (κ3) is 4.38. The standard InChI is InChI=1S/C29H31ClN6O3S/c1-17-9-10-22-19(13-17)20-15-32(2)12-11-23(20)36(22)24(37)16-40-28-31-26-25(27(38)34(4)29(39)33(26)3)35(28)14-18-7-5-6-8-21(18)30/h5-10,13,20,23H,11-12,14-16H2,1-4H3/t20-,23-/m1/s1. The Morgan fingerprint density at radius 3 is 2.65 bits per heavy atom. The average Bonchev–Trinajstić information content (AvgIpc) is 3.45. The maximum Gasteiger partial charge on any atom is 0.332 e. The van der Waals surface area contributed by atoms with Gasteiger partial charge in [-0.05, 0) is 50.2 Å². The molecule has 6 rings (SSSR count). The highest BCUT2D eigenvalue weighted by Crippen LogP contribution is 2.45. The zero-order valence-corrected chi connectivity index (χ0v) is 24.5. The van der Waals surface area contributed by atoms with Gasteiger partial charge >= 0.3 is 5.69 Å². The molecule has 9 nitrogen and oxygen atoms in total. The molecule has 0 aliphatic carbocycles. The molecule has 11 heteroatoms. The second-order valence-electron chi connectivity index (χ2n) is 10.8. The first-order valence-electron chi connectivity index (χ1n) is 13.3. The minimum absolute atomic E-state index is 0.00490. The van der Waals surface area contributed by atoms with Gasteiger partial charge in [-0.2, -0.15) is 0 Å². The number of anilines is 1. The third-order valence-corrected chi connectivity index (χ3v) is 9.48. The summed E-state index contributed by atoms with van der Waals surface area (Å²) in [6.45, 7) is 4.23. The zero-order valence-electron chi connectivity index (χ0n) is 22.9. The fourth-order valence-electron chi connectivity index (χ4n) is 6.08. The Labute approximate surface area is 241 Å². The summed E-state index contributed by atoms with van der Waals surface area (Å²) in [5.41, 5.74) is 3.92. The van der Waals surface area contributed by atoms with Crippen LogP contribution in [0.1, 0.15) is 29.0 Å². The number of hydrogen-bond acceptors (Lipinski definition) is 6. The second-order valence-corrected chi connectivity index (χ2v) is 12.1. The van der Waals surface area contributed by atoms with E-state index in [0.717, 1.165) is 35.3 Å². The molecule has 2 atom stereocenters. The smallest absolute Gasteiger partial charge is 0.309 e. The highest BCUT2D eigenvalue weighted by Gasteiger charge is 2.43. The van der Waals surface area contributed by atoms with Crippen molar-refractivity contribution in [2.45, 2.75) is 37.0 Å². The van der Waals surface area contributed by atoms with Crippen LogP contribution in [0.15, 0.2) is 57.2 Å². The van der Waals surface area contributed by atoms with Crippen molar-refractivity contribution in [1.82, 2.24) is 23.6 Å². The Balaban J connectivity index is 1.37. The number of hydrogen-bond donors (Lipinski definition) is 0. The normalized spacial score (nSPS) is 18.8. The SMILES string of the molecule is Cc1ccc2c(c1)[C@H]1CN(C)CC[C@H]1N2C(=O)CSc1nc2c(c(=O)n(C)c(=O)n2C)n1Cc1ccccc1Cl. The lowest BCUT2D eigenvalue weighted by molar-refractivity contribution is -0.116. The fourth-order valence-corrected chi connectivity index (χ4v) is 7.13. The van der Waals surface area contributed by atoms with Gasteiger partial charge in [0, 0.05) is 43.3 Å². The molecule has 0 radical (unpaired) electrons. The van der Waals surface area contributed by atoms with Gasteiger partial charge in [0.05, 0.1) is 12.3 Å². The molecule has 0 saturated carbocycles. The number of rotatable bonds is 5. The summed E-state index contributed by atoms with van der Waals surface area (Å²) < 4.78 is 4.22. The van der Waals surface area contributed by atoms with Crippen molar-refractivity contribution in [3.05, 3.63) is 85.0 Å². The minimum atomic E-state index is -0.454. The van der Waals surface area contributed by atoms with Crippen LogP contribution < -0.4 is 16.1 Å². The van der Waals surface area contributed by atoms with Gasteiger partial charge < -0.3 is 14.4 Å². The van der Waals surface area contributed by atoms with E-state index in [1.54, 1.807) is 17.7 Å². The number of carbonyl (C=O) groups excluding carboxylic acids is 1. The van der Waals surface area contributed by atoms with Crippen molar-refractivity contribution in [2.75, 3.05) is 30.8 Å². The third-order valence-electron chi connectivity index (χ3n) is 8.15. The van der Waals surface area contributed by atoms with Crippen molar-refractivity contribution in [1.29, 1.82) is 0 Å². The first-order valence-corrected chi connectivity index (χ1v) is 14.7. The number of likely N-dealkylation sites (tertiary alicyclic amines) is 1. The van der Waals surface area contributed by atoms with Crippen LogP contribution in [0.25, 0.3) is 11.2 Å². The summed E-state index contributed by atoms with van der Waals surface area (Å²) >= 11 is 7.76. The Hall–Kier alpha value is -3.34.